The largest absolute Gasteiger partial charge is 0.309 e. The Morgan fingerprint density at radius 2 is 0.875 bits per heavy atom. The standard InChI is InChI=1S/C52H32N4/c1-2-13-34(14-3-1)50-51(54-46-20-10-9-19-45(46)53-50)35-22-25-38(26-23-35)55-48-29-27-39(32-44(48)43-30-36-15-4-5-16-37(36)31-49(43)55)56-47-21-11-8-18-41(47)42-28-24-33-12-6-7-17-40(33)52(42)56/h1-32H. The fourth-order valence-electron chi connectivity index (χ4n) is 8.88. The van der Waals surface area contributed by atoms with Crippen LogP contribution in [0.3, 0.4) is 0 Å². The van der Waals surface area contributed by atoms with E-state index in [0.717, 1.165) is 50.4 Å². The summed E-state index contributed by atoms with van der Waals surface area (Å²) in [6, 6.07) is 69.7. The second-order valence-electron chi connectivity index (χ2n) is 14.6. The Hall–Kier alpha value is -7.56. The zero-order chi connectivity index (χ0) is 36.7. The van der Waals surface area contributed by atoms with Crippen LogP contribution in [0, 0.1) is 0 Å². The molecule has 0 radical (unpaired) electrons. The molecule has 0 aliphatic carbocycles. The Labute approximate surface area is 322 Å². The number of fused-ring (bicyclic) bond motifs is 10. The van der Waals surface area contributed by atoms with Gasteiger partial charge in [-0.2, -0.15) is 0 Å². The number of nitrogens with zero attached hydrogens (tertiary/aromatic N) is 4. The number of aromatic nitrogens is 4. The number of para-hydroxylation sites is 3. The smallest absolute Gasteiger partial charge is 0.0973 e. The van der Waals surface area contributed by atoms with Crippen LogP contribution >= 0.6 is 0 Å². The Morgan fingerprint density at radius 1 is 0.304 bits per heavy atom. The van der Waals surface area contributed by atoms with Gasteiger partial charge in [0.05, 0.1) is 44.5 Å². The van der Waals surface area contributed by atoms with Crippen molar-refractivity contribution in [3.63, 3.8) is 0 Å². The fourth-order valence-corrected chi connectivity index (χ4v) is 8.88. The minimum Gasteiger partial charge on any atom is -0.309 e. The van der Waals surface area contributed by atoms with E-state index in [1.165, 1.54) is 59.6 Å². The molecule has 12 aromatic rings. The summed E-state index contributed by atoms with van der Waals surface area (Å²) >= 11 is 0. The first-order chi connectivity index (χ1) is 27.8. The van der Waals surface area contributed by atoms with Gasteiger partial charge in [0.2, 0.25) is 0 Å². The van der Waals surface area contributed by atoms with Crippen LogP contribution in [-0.4, -0.2) is 19.1 Å². The first-order valence-corrected chi connectivity index (χ1v) is 19.1. The molecule has 0 unspecified atom stereocenters. The highest BCUT2D eigenvalue weighted by molar-refractivity contribution is 6.19. The molecule has 0 atom stereocenters. The first kappa shape index (κ1) is 30.9. The summed E-state index contributed by atoms with van der Waals surface area (Å²) in [7, 11) is 0. The normalized spacial score (nSPS) is 11.9. The van der Waals surface area contributed by atoms with Crippen molar-refractivity contribution in [3.8, 4) is 33.9 Å². The molecule has 3 heterocycles. The molecule has 0 fully saturated rings. The van der Waals surface area contributed by atoms with Crippen LogP contribution in [0.2, 0.25) is 0 Å². The third kappa shape index (κ3) is 4.60. The molecule has 0 N–H and O–H groups in total. The van der Waals surface area contributed by atoms with Crippen LogP contribution in [0.5, 0.6) is 0 Å². The number of rotatable bonds is 4. The van der Waals surface area contributed by atoms with Crippen molar-refractivity contribution in [1.29, 1.82) is 0 Å². The summed E-state index contributed by atoms with van der Waals surface area (Å²) in [6.45, 7) is 0. The lowest BCUT2D eigenvalue weighted by Gasteiger charge is -2.13. The van der Waals surface area contributed by atoms with E-state index in [1.807, 2.05) is 30.3 Å². The van der Waals surface area contributed by atoms with E-state index in [0.29, 0.717) is 0 Å². The molecular weight excluding hydrogens is 681 g/mol. The number of benzene rings is 9. The summed E-state index contributed by atoms with van der Waals surface area (Å²) in [5.74, 6) is 0. The second-order valence-corrected chi connectivity index (χ2v) is 14.6. The summed E-state index contributed by atoms with van der Waals surface area (Å²) < 4.78 is 4.87. The molecule has 3 aromatic heterocycles. The van der Waals surface area contributed by atoms with Crippen molar-refractivity contribution in [2.75, 3.05) is 0 Å². The molecule has 12 rings (SSSR count). The number of hydrogen-bond donors (Lipinski definition) is 0. The van der Waals surface area contributed by atoms with Crippen molar-refractivity contribution < 1.29 is 0 Å². The van der Waals surface area contributed by atoms with Crippen molar-refractivity contribution in [2.45, 2.75) is 0 Å². The highest BCUT2D eigenvalue weighted by Gasteiger charge is 2.19. The topological polar surface area (TPSA) is 35.6 Å². The molecule has 0 saturated carbocycles. The molecule has 0 saturated heterocycles. The molecule has 9 aromatic carbocycles. The lowest BCUT2D eigenvalue weighted by atomic mass is 10.0. The molecule has 56 heavy (non-hydrogen) atoms. The third-order valence-corrected chi connectivity index (χ3v) is 11.5. The van der Waals surface area contributed by atoms with Gasteiger partial charge >= 0.3 is 0 Å². The van der Waals surface area contributed by atoms with Crippen molar-refractivity contribution in [2.24, 2.45) is 0 Å². The Morgan fingerprint density at radius 3 is 1.64 bits per heavy atom. The molecular formula is C52H32N4. The van der Waals surface area contributed by atoms with Gasteiger partial charge in [-0.3, -0.25) is 0 Å². The van der Waals surface area contributed by atoms with Crippen LogP contribution in [0.4, 0.5) is 0 Å². The van der Waals surface area contributed by atoms with Gasteiger partial charge in [0.1, 0.15) is 0 Å². The molecule has 0 spiro atoms. The first-order valence-electron chi connectivity index (χ1n) is 19.1. The van der Waals surface area contributed by atoms with Crippen LogP contribution in [-0.2, 0) is 0 Å². The average Bonchev–Trinajstić information content (AvgIpc) is 3.77. The summed E-state index contributed by atoms with van der Waals surface area (Å²) in [5.41, 5.74) is 12.6. The van der Waals surface area contributed by atoms with Gasteiger partial charge in [0.15, 0.2) is 0 Å². The van der Waals surface area contributed by atoms with Crippen LogP contribution in [0.1, 0.15) is 0 Å². The lowest BCUT2D eigenvalue weighted by Crippen LogP contribution is -1.97. The summed E-state index contributed by atoms with van der Waals surface area (Å²) in [6.07, 6.45) is 0. The van der Waals surface area contributed by atoms with Gasteiger partial charge in [0, 0.05) is 49.4 Å². The van der Waals surface area contributed by atoms with Crippen LogP contribution in [0.25, 0.3) is 110 Å². The van der Waals surface area contributed by atoms with E-state index in [4.69, 9.17) is 9.97 Å². The van der Waals surface area contributed by atoms with Gasteiger partial charge in [-0.1, -0.05) is 133 Å². The molecule has 0 aliphatic rings. The lowest BCUT2D eigenvalue weighted by molar-refractivity contribution is 1.17. The fraction of sp³-hybridized carbons (Fsp3) is 0. The van der Waals surface area contributed by atoms with Gasteiger partial charge in [-0.05, 0) is 76.8 Å². The quantitative estimate of drug-likeness (QED) is 0.182. The minimum absolute atomic E-state index is 0.873. The van der Waals surface area contributed by atoms with E-state index in [9.17, 15) is 0 Å². The minimum atomic E-state index is 0.873. The van der Waals surface area contributed by atoms with E-state index < -0.39 is 0 Å². The zero-order valence-corrected chi connectivity index (χ0v) is 30.3. The Kier molecular flexibility index (Phi) is 6.60. The Balaban J connectivity index is 1.09. The SMILES string of the molecule is c1ccc(-c2nc3ccccc3nc2-c2ccc(-n3c4ccc(-n5c6ccccc6c6ccc7ccccc7c65)cc4c4cc5ccccc5cc43)cc2)cc1. The Bertz CT molecular complexity index is 3520. The van der Waals surface area contributed by atoms with Gasteiger partial charge < -0.3 is 9.13 Å². The maximum absolute atomic E-state index is 5.17. The monoisotopic (exact) mass is 712 g/mol. The maximum Gasteiger partial charge on any atom is 0.0973 e. The molecule has 0 aliphatic heterocycles. The molecule has 4 heteroatoms. The van der Waals surface area contributed by atoms with E-state index in [-0.39, 0.29) is 0 Å². The molecule has 0 amide bonds. The molecule has 0 bridgehead atoms. The average molecular weight is 713 g/mol. The predicted molar refractivity (Wildman–Crippen MR) is 234 cm³/mol. The molecule has 260 valence electrons. The van der Waals surface area contributed by atoms with Gasteiger partial charge in [0.25, 0.3) is 0 Å². The van der Waals surface area contributed by atoms with Crippen molar-refractivity contribution in [3.05, 3.63) is 194 Å². The zero-order valence-electron chi connectivity index (χ0n) is 30.3. The van der Waals surface area contributed by atoms with Gasteiger partial charge in [-0.15, -0.1) is 0 Å². The van der Waals surface area contributed by atoms with Crippen molar-refractivity contribution in [1.82, 2.24) is 19.1 Å². The third-order valence-electron chi connectivity index (χ3n) is 11.5. The highest BCUT2D eigenvalue weighted by atomic mass is 15.0. The highest BCUT2D eigenvalue weighted by Crippen LogP contribution is 2.41. The van der Waals surface area contributed by atoms with Gasteiger partial charge in [-0.25, -0.2) is 9.97 Å². The van der Waals surface area contributed by atoms with Crippen molar-refractivity contribution >= 4 is 76.2 Å². The number of hydrogen-bond acceptors (Lipinski definition) is 2. The van der Waals surface area contributed by atoms with E-state index in [2.05, 4.69) is 173 Å². The van der Waals surface area contributed by atoms with E-state index >= 15 is 0 Å². The summed E-state index contributed by atoms with van der Waals surface area (Å²) in [4.78, 5) is 10.3. The van der Waals surface area contributed by atoms with Crippen LogP contribution in [0.15, 0.2) is 194 Å². The maximum atomic E-state index is 5.17. The van der Waals surface area contributed by atoms with Crippen LogP contribution < -0.4 is 0 Å². The second kappa shape index (κ2) is 12.0. The molecule has 4 nitrogen and oxygen atoms in total. The van der Waals surface area contributed by atoms with E-state index in [1.54, 1.807) is 0 Å². The summed E-state index contributed by atoms with van der Waals surface area (Å²) in [5, 5.41) is 9.89. The predicted octanol–water partition coefficient (Wildman–Crippen LogP) is 13.5.